The smallest absolute Gasteiger partial charge is 0.248 e. The minimum absolute atomic E-state index is 0.0352. The Hall–Kier alpha value is -7.85. The first-order valence-electron chi connectivity index (χ1n) is 29.3. The molecule has 8 heterocycles. The number of fused-ring (bicyclic) bond motifs is 4. The van der Waals surface area contributed by atoms with E-state index in [-0.39, 0.29) is 49.7 Å². The molecule has 1 aliphatic carbocycles. The number of nitrogens with zero attached hydrogens (tertiary/aromatic N) is 11. The van der Waals surface area contributed by atoms with Gasteiger partial charge in [0, 0.05) is 104 Å². The molecule has 2 bridgehead atoms. The molecule has 5 N–H and O–H groups in total. The van der Waals surface area contributed by atoms with Crippen LogP contribution in [0.2, 0.25) is 0 Å². The van der Waals surface area contributed by atoms with E-state index in [0.717, 1.165) is 108 Å². The highest BCUT2D eigenvalue weighted by Crippen LogP contribution is 2.54. The summed E-state index contributed by atoms with van der Waals surface area (Å²) in [5, 5.41) is 50.6. The molecule has 4 aliphatic heterocycles. The van der Waals surface area contributed by atoms with Crippen molar-refractivity contribution in [2.75, 3.05) is 62.8 Å². The number of carbonyl (C=O) groups excluding carboxylic acids is 2. The van der Waals surface area contributed by atoms with E-state index in [0.29, 0.717) is 70.7 Å². The van der Waals surface area contributed by atoms with Gasteiger partial charge in [-0.1, -0.05) is 67.6 Å². The lowest BCUT2D eigenvalue weighted by atomic mass is 9.88. The van der Waals surface area contributed by atoms with Gasteiger partial charge in [0.2, 0.25) is 17.8 Å². The van der Waals surface area contributed by atoms with Gasteiger partial charge in [-0.25, -0.2) is 14.1 Å². The van der Waals surface area contributed by atoms with Crippen LogP contribution in [-0.2, 0) is 27.5 Å². The Morgan fingerprint density at radius 3 is 2.48 bits per heavy atom. The summed E-state index contributed by atoms with van der Waals surface area (Å²) >= 11 is 0. The average molecular weight is 1130 g/mol. The number of anilines is 2. The molecule has 7 atom stereocenters. The summed E-state index contributed by atoms with van der Waals surface area (Å²) in [5.74, 6) is 1.26. The first-order chi connectivity index (χ1) is 40.4. The number of aromatic amines is 1. The van der Waals surface area contributed by atoms with Gasteiger partial charge >= 0.3 is 0 Å². The van der Waals surface area contributed by atoms with E-state index in [1.54, 1.807) is 30.4 Å². The van der Waals surface area contributed by atoms with E-state index >= 15 is 4.39 Å². The standard InChI is InChI=1S/C62H71FN14O6/c1-6-76-52(17-19-66-76)41-15-13-40(14-16-41)51(31-78)67-60(80)53-22-44(79)29-75(53)61(81)57(34(2)3)77-30-50(71-72-77)39-9-7-36(8-10-39)33-83-58-55(54-35(4)48(63)24-49-47(54)26-65-70-49)45(38-11-12-38)23-46-56(58)68-62(73-20-18-37(27-73)32-82-5)69-59(46)74-28-42-21-43(74)25-64-42/h7-10,13-17,19,23-24,26,30,34,37-38,42-44,51,53,57,64,78-79H,6,11-12,18,20-22,25,27-29,31-33H2,1-5H3,(H,65,70)(H,67,80)/t37?,42-,43-,44+,51-,53-,57-/m0/s1. The summed E-state index contributed by atoms with van der Waals surface area (Å²) in [6, 6.07) is 19.3. The third-order valence-electron chi connectivity index (χ3n) is 17.8. The van der Waals surface area contributed by atoms with Crippen molar-refractivity contribution in [2.45, 2.75) is 115 Å². The van der Waals surface area contributed by atoms with Gasteiger partial charge in [0.15, 0.2) is 5.75 Å². The zero-order valence-electron chi connectivity index (χ0n) is 47.5. The first-order valence-corrected chi connectivity index (χ1v) is 29.3. The van der Waals surface area contributed by atoms with Crippen LogP contribution >= 0.6 is 0 Å². The molecule has 0 spiro atoms. The molecule has 0 radical (unpaired) electrons. The first kappa shape index (κ1) is 54.4. The van der Waals surface area contributed by atoms with E-state index in [4.69, 9.17) is 19.4 Å². The number of hydrogen-bond acceptors (Lipinski definition) is 15. The number of aliphatic hydroxyl groups is 2. The van der Waals surface area contributed by atoms with Crippen molar-refractivity contribution in [1.29, 1.82) is 0 Å². The molecule has 21 heteroatoms. The van der Waals surface area contributed by atoms with Gasteiger partial charge in [-0.05, 0) is 97.4 Å². The Morgan fingerprint density at radius 1 is 0.952 bits per heavy atom. The van der Waals surface area contributed by atoms with Gasteiger partial charge in [-0.3, -0.25) is 19.4 Å². The molecule has 4 aromatic heterocycles. The lowest BCUT2D eigenvalue weighted by molar-refractivity contribution is -0.142. The van der Waals surface area contributed by atoms with Crippen molar-refractivity contribution in [3.8, 4) is 39.4 Å². The summed E-state index contributed by atoms with van der Waals surface area (Å²) in [6.45, 7) is 12.1. The number of piperazine rings is 1. The predicted molar refractivity (Wildman–Crippen MR) is 312 cm³/mol. The molecule has 4 aromatic carbocycles. The van der Waals surface area contributed by atoms with Crippen LogP contribution in [0, 0.1) is 24.6 Å². The molecule has 83 heavy (non-hydrogen) atoms. The molecule has 1 saturated carbocycles. The van der Waals surface area contributed by atoms with Gasteiger partial charge in [0.1, 0.15) is 41.5 Å². The minimum atomic E-state index is -0.980. The number of rotatable bonds is 19. The van der Waals surface area contributed by atoms with E-state index in [2.05, 4.69) is 52.1 Å². The van der Waals surface area contributed by atoms with Crippen LogP contribution < -0.4 is 25.2 Å². The summed E-state index contributed by atoms with van der Waals surface area (Å²) in [4.78, 5) is 45.8. The van der Waals surface area contributed by atoms with Crippen LogP contribution in [0.4, 0.5) is 16.2 Å². The lowest BCUT2D eigenvalue weighted by Gasteiger charge is -2.31. The van der Waals surface area contributed by atoms with Crippen molar-refractivity contribution in [3.05, 3.63) is 113 Å². The number of nitrogens with one attached hydrogen (secondary N) is 3. The third-order valence-corrected chi connectivity index (χ3v) is 17.8. The maximum absolute atomic E-state index is 16.2. The molecule has 4 saturated heterocycles. The van der Waals surface area contributed by atoms with E-state index in [1.807, 2.05) is 87.0 Å². The van der Waals surface area contributed by atoms with E-state index in [1.165, 1.54) is 11.0 Å². The number of likely N-dealkylation sites (tertiary alicyclic amines) is 1. The summed E-state index contributed by atoms with van der Waals surface area (Å²) in [7, 11) is 1.75. The zero-order chi connectivity index (χ0) is 57.2. The van der Waals surface area contributed by atoms with Crippen LogP contribution in [0.3, 0.4) is 0 Å². The fourth-order valence-corrected chi connectivity index (χ4v) is 13.3. The fourth-order valence-electron chi connectivity index (χ4n) is 13.3. The predicted octanol–water partition coefficient (Wildman–Crippen LogP) is 7.25. The second-order valence-electron chi connectivity index (χ2n) is 23.6. The maximum Gasteiger partial charge on any atom is 0.248 e. The Bertz CT molecular complexity index is 3710. The SMILES string of the molecule is CCn1nccc1-c1ccc([C@H](CO)NC(=O)[C@@H]2C[C@@H](O)CN2C(=O)[C@H](C(C)C)n2cc(-c3ccc(COc4c(-c5c(C)c(F)cc6[nH]ncc56)c(C5CC5)cc5c(N6C[C@@H]7C[C@H]6CN7)nc(N6CCC(COC)C6)nc45)cc3)nn2)cc1. The zero-order valence-corrected chi connectivity index (χ0v) is 47.5. The number of aromatic nitrogens is 9. The number of aliphatic hydroxyl groups excluding tert-OH is 2. The molecule has 20 nitrogen and oxygen atoms in total. The van der Waals surface area contributed by atoms with Gasteiger partial charge in [-0.2, -0.15) is 15.2 Å². The largest absolute Gasteiger partial charge is 0.486 e. The summed E-state index contributed by atoms with van der Waals surface area (Å²) in [6.07, 6.45) is 8.39. The van der Waals surface area contributed by atoms with Crippen molar-refractivity contribution in [2.24, 2.45) is 11.8 Å². The Labute approximate surface area is 480 Å². The molecular weight excluding hydrogens is 1060 g/mol. The Balaban J connectivity index is 0.786. The number of methoxy groups -OCH3 is 1. The third kappa shape index (κ3) is 10.2. The van der Waals surface area contributed by atoms with Crippen LogP contribution in [0.1, 0.15) is 93.1 Å². The highest BCUT2D eigenvalue weighted by Gasteiger charge is 2.44. The molecule has 13 rings (SSSR count). The van der Waals surface area contributed by atoms with Gasteiger partial charge < -0.3 is 45.0 Å². The van der Waals surface area contributed by atoms with Crippen molar-refractivity contribution < 1.29 is 33.7 Å². The number of carbonyl (C=O) groups is 2. The lowest BCUT2D eigenvalue weighted by Crippen LogP contribution is -2.50. The highest BCUT2D eigenvalue weighted by molar-refractivity contribution is 6.06. The van der Waals surface area contributed by atoms with Gasteiger partial charge in [0.05, 0.1) is 49.0 Å². The minimum Gasteiger partial charge on any atom is -0.486 e. The van der Waals surface area contributed by atoms with Crippen LogP contribution in [-0.4, -0.2) is 149 Å². The number of halogens is 1. The fraction of sp³-hybridized carbons (Fsp3) is 0.452. The van der Waals surface area contributed by atoms with Crippen molar-refractivity contribution in [3.63, 3.8) is 0 Å². The number of H-pyrrole nitrogens is 1. The van der Waals surface area contributed by atoms with Gasteiger partial charge in [0.25, 0.3) is 0 Å². The monoisotopic (exact) mass is 1130 g/mol. The average Bonchev–Trinajstić information content (AvgIpc) is 3.68. The van der Waals surface area contributed by atoms with Crippen molar-refractivity contribution in [1.82, 2.24) is 60.5 Å². The number of β-amino-alcohol motifs (C(OH)–C–C–N with tert-alkyl or cyclic N) is 1. The summed E-state index contributed by atoms with van der Waals surface area (Å²) < 4.78 is 32.5. The Kier molecular flexibility index (Phi) is 14.7. The topological polar surface area (TPSA) is 230 Å². The number of ether oxygens (including phenoxy) is 2. The molecular formula is C62H71FN14O6. The number of amides is 2. The van der Waals surface area contributed by atoms with Crippen LogP contribution in [0.15, 0.2) is 85.3 Å². The second kappa shape index (κ2) is 22.4. The van der Waals surface area contributed by atoms with Crippen LogP contribution in [0.25, 0.3) is 55.4 Å². The van der Waals surface area contributed by atoms with Gasteiger partial charge in [-0.15, -0.1) is 5.10 Å². The molecule has 5 fully saturated rings. The quantitative estimate of drug-likeness (QED) is 0.0537. The van der Waals surface area contributed by atoms with Crippen LogP contribution in [0.5, 0.6) is 5.75 Å². The molecule has 2 amide bonds. The maximum atomic E-state index is 16.2. The molecule has 1 unspecified atom stereocenters. The van der Waals surface area contributed by atoms with E-state index in [9.17, 15) is 19.8 Å². The number of benzene rings is 4. The summed E-state index contributed by atoms with van der Waals surface area (Å²) in [5.41, 5.74) is 9.21. The highest BCUT2D eigenvalue weighted by atomic mass is 19.1. The molecule has 432 valence electrons. The normalized spacial score (nSPS) is 21.3. The molecule has 5 aliphatic rings. The van der Waals surface area contributed by atoms with Crippen molar-refractivity contribution >= 4 is 45.4 Å². The van der Waals surface area contributed by atoms with E-state index < -0.39 is 30.1 Å². The molecule has 8 aromatic rings. The Morgan fingerprint density at radius 2 is 1.76 bits per heavy atom. The number of hydrogen-bond donors (Lipinski definition) is 5. The number of aryl methyl sites for hydroxylation is 1. The second-order valence-corrected chi connectivity index (χ2v) is 23.6.